The molecule has 0 unspecified atom stereocenters. The predicted molar refractivity (Wildman–Crippen MR) is 55.3 cm³/mol. The van der Waals surface area contributed by atoms with Gasteiger partial charge in [0.25, 0.3) is 0 Å². The summed E-state index contributed by atoms with van der Waals surface area (Å²) in [5, 5.41) is 6.27. The molecule has 6 nitrogen and oxygen atoms in total. The Morgan fingerprint density at radius 2 is 2.13 bits per heavy atom. The molecular weight excluding hydrogens is 196 g/mol. The average molecular weight is 212 g/mol. The van der Waals surface area contributed by atoms with Gasteiger partial charge in [-0.15, -0.1) is 0 Å². The fraction of sp³-hybridized carbons (Fsp3) is 0.889. The lowest BCUT2D eigenvalue weighted by Gasteiger charge is -2.33. The zero-order chi connectivity index (χ0) is 11.5. The average Bonchev–Trinajstić information content (AvgIpc) is 1.97. The minimum absolute atomic E-state index is 0.0231. The van der Waals surface area contributed by atoms with E-state index in [1.54, 1.807) is 0 Å². The highest BCUT2D eigenvalue weighted by Crippen LogP contribution is 2.23. The molecule has 0 aromatic rings. The fourth-order valence-corrected chi connectivity index (χ4v) is 1.35. The molecule has 1 N–H and O–H groups in total. The topological polar surface area (TPSA) is 87.1 Å². The van der Waals surface area contributed by atoms with Crippen molar-refractivity contribution in [2.45, 2.75) is 51.3 Å². The summed E-state index contributed by atoms with van der Waals surface area (Å²) in [6.45, 7) is 5.45. The summed E-state index contributed by atoms with van der Waals surface area (Å²) in [4.78, 5) is 14.0. The zero-order valence-corrected chi connectivity index (χ0v) is 9.23. The Labute approximate surface area is 88.6 Å². The second-order valence-corrected chi connectivity index (χ2v) is 4.67. The summed E-state index contributed by atoms with van der Waals surface area (Å²) in [5.74, 6) is 0. The van der Waals surface area contributed by atoms with Crippen LogP contribution in [0.1, 0.15) is 33.6 Å². The minimum atomic E-state index is -0.474. The monoisotopic (exact) mass is 212 g/mol. The van der Waals surface area contributed by atoms with Crippen LogP contribution >= 0.6 is 0 Å². The lowest BCUT2D eigenvalue weighted by Crippen LogP contribution is -2.47. The third-order valence-electron chi connectivity index (χ3n) is 2.05. The minimum Gasteiger partial charge on any atom is -0.444 e. The van der Waals surface area contributed by atoms with Gasteiger partial charge in [-0.3, -0.25) is 0 Å². The van der Waals surface area contributed by atoms with Crippen molar-refractivity contribution in [1.82, 2.24) is 5.32 Å². The van der Waals surface area contributed by atoms with Crippen molar-refractivity contribution in [1.29, 1.82) is 0 Å². The molecule has 15 heavy (non-hydrogen) atoms. The standard InChI is InChI=1S/C9H16N4O2/c1-9(2,3)15-8(14)11-6-4-7(5-6)12-13-10/h6-7H,4-5H2,1-3H3,(H,11,14)/t6-,7+. The molecule has 0 radical (unpaired) electrons. The van der Waals surface area contributed by atoms with Crippen LogP contribution in [-0.2, 0) is 4.74 Å². The van der Waals surface area contributed by atoms with E-state index in [1.165, 1.54) is 0 Å². The zero-order valence-electron chi connectivity index (χ0n) is 9.23. The summed E-state index contributed by atoms with van der Waals surface area (Å²) in [6, 6.07) is 0.102. The van der Waals surface area contributed by atoms with Gasteiger partial charge in [-0.1, -0.05) is 5.11 Å². The summed E-state index contributed by atoms with van der Waals surface area (Å²) < 4.78 is 5.09. The molecule has 0 saturated heterocycles. The Morgan fingerprint density at radius 1 is 1.53 bits per heavy atom. The first kappa shape index (κ1) is 11.7. The molecule has 1 aliphatic rings. The Balaban J connectivity index is 2.22. The van der Waals surface area contributed by atoms with Crippen molar-refractivity contribution in [3.8, 4) is 0 Å². The van der Waals surface area contributed by atoms with Crippen molar-refractivity contribution in [3.63, 3.8) is 0 Å². The first-order chi connectivity index (χ1) is 6.90. The summed E-state index contributed by atoms with van der Waals surface area (Å²) in [7, 11) is 0. The summed E-state index contributed by atoms with van der Waals surface area (Å²) in [5.41, 5.74) is 7.69. The van der Waals surface area contributed by atoms with Crippen molar-refractivity contribution in [2.24, 2.45) is 5.11 Å². The number of amides is 1. The van der Waals surface area contributed by atoms with Gasteiger partial charge in [-0.05, 0) is 39.1 Å². The van der Waals surface area contributed by atoms with Crippen LogP contribution in [0.5, 0.6) is 0 Å². The Morgan fingerprint density at radius 3 is 2.60 bits per heavy atom. The summed E-state index contributed by atoms with van der Waals surface area (Å²) >= 11 is 0. The maximum absolute atomic E-state index is 11.3. The number of rotatable bonds is 2. The van der Waals surface area contributed by atoms with E-state index in [0.29, 0.717) is 12.8 Å². The van der Waals surface area contributed by atoms with E-state index in [1.807, 2.05) is 20.8 Å². The molecule has 0 heterocycles. The molecule has 0 bridgehead atoms. The van der Waals surface area contributed by atoms with Gasteiger partial charge in [-0.25, -0.2) is 4.79 Å². The highest BCUT2D eigenvalue weighted by Gasteiger charge is 2.30. The number of alkyl carbamates (subject to hydrolysis) is 1. The smallest absolute Gasteiger partial charge is 0.407 e. The molecule has 6 heteroatoms. The number of carbonyl (C=O) groups is 1. The molecule has 0 atom stereocenters. The van der Waals surface area contributed by atoms with E-state index in [4.69, 9.17) is 10.3 Å². The van der Waals surface area contributed by atoms with Crippen LogP contribution in [0.2, 0.25) is 0 Å². The Hall–Kier alpha value is -1.42. The van der Waals surface area contributed by atoms with E-state index in [9.17, 15) is 4.79 Å². The van der Waals surface area contributed by atoms with Crippen LogP contribution in [0.15, 0.2) is 5.11 Å². The van der Waals surface area contributed by atoms with Crippen LogP contribution in [0.4, 0.5) is 4.79 Å². The highest BCUT2D eigenvalue weighted by molar-refractivity contribution is 5.68. The van der Waals surface area contributed by atoms with E-state index in [-0.39, 0.29) is 12.1 Å². The molecule has 1 rings (SSSR count). The molecule has 84 valence electrons. The van der Waals surface area contributed by atoms with Gasteiger partial charge in [0, 0.05) is 17.0 Å². The highest BCUT2D eigenvalue weighted by atomic mass is 16.6. The molecule has 0 aromatic carbocycles. The fourth-order valence-electron chi connectivity index (χ4n) is 1.35. The van der Waals surface area contributed by atoms with Crippen LogP contribution < -0.4 is 5.32 Å². The van der Waals surface area contributed by atoms with Gasteiger partial charge in [0.1, 0.15) is 5.60 Å². The van der Waals surface area contributed by atoms with Crippen molar-refractivity contribution >= 4 is 6.09 Å². The van der Waals surface area contributed by atoms with E-state index in [2.05, 4.69) is 15.3 Å². The first-order valence-corrected chi connectivity index (χ1v) is 4.94. The number of carbonyl (C=O) groups excluding carboxylic acids is 1. The maximum atomic E-state index is 11.3. The van der Waals surface area contributed by atoms with E-state index < -0.39 is 11.7 Å². The molecular formula is C9H16N4O2. The van der Waals surface area contributed by atoms with Gasteiger partial charge >= 0.3 is 6.09 Å². The first-order valence-electron chi connectivity index (χ1n) is 4.94. The number of hydrogen-bond donors (Lipinski definition) is 1. The second kappa shape index (κ2) is 4.40. The number of nitrogens with zero attached hydrogens (tertiary/aromatic N) is 3. The SMILES string of the molecule is CC(C)(C)OC(=O)N[C@H]1C[C@@H](N=[N+]=[N-])C1. The molecule has 0 aliphatic heterocycles. The molecule has 0 aromatic heterocycles. The van der Waals surface area contributed by atoms with Gasteiger partial charge in [0.05, 0.1) is 0 Å². The Kier molecular flexibility index (Phi) is 3.42. The predicted octanol–water partition coefficient (Wildman–Crippen LogP) is 2.35. The lowest BCUT2D eigenvalue weighted by atomic mass is 9.88. The summed E-state index contributed by atoms with van der Waals surface area (Å²) in [6.07, 6.45) is 0.985. The largest absolute Gasteiger partial charge is 0.444 e. The van der Waals surface area contributed by atoms with Crippen LogP contribution in [0.3, 0.4) is 0 Å². The van der Waals surface area contributed by atoms with Gasteiger partial charge < -0.3 is 10.1 Å². The third-order valence-corrected chi connectivity index (χ3v) is 2.05. The number of ether oxygens (including phenoxy) is 1. The third kappa shape index (κ3) is 4.08. The van der Waals surface area contributed by atoms with Crippen LogP contribution in [-0.4, -0.2) is 23.8 Å². The second-order valence-electron chi connectivity index (χ2n) is 4.67. The van der Waals surface area contributed by atoms with E-state index >= 15 is 0 Å². The van der Waals surface area contributed by atoms with Gasteiger partial charge in [0.15, 0.2) is 0 Å². The van der Waals surface area contributed by atoms with Crippen molar-refractivity contribution < 1.29 is 9.53 Å². The van der Waals surface area contributed by atoms with E-state index in [0.717, 1.165) is 0 Å². The maximum Gasteiger partial charge on any atom is 0.407 e. The van der Waals surface area contributed by atoms with Crippen molar-refractivity contribution in [2.75, 3.05) is 0 Å². The normalized spacial score (nSPS) is 24.7. The van der Waals surface area contributed by atoms with Crippen molar-refractivity contribution in [3.05, 3.63) is 10.4 Å². The van der Waals surface area contributed by atoms with Gasteiger partial charge in [-0.2, -0.15) is 0 Å². The lowest BCUT2D eigenvalue weighted by molar-refractivity contribution is 0.0473. The quantitative estimate of drug-likeness (QED) is 0.432. The molecule has 1 fully saturated rings. The van der Waals surface area contributed by atoms with Crippen LogP contribution in [0, 0.1) is 0 Å². The molecule has 1 amide bonds. The molecule has 1 aliphatic carbocycles. The van der Waals surface area contributed by atoms with Crippen LogP contribution in [0.25, 0.3) is 10.4 Å². The van der Waals surface area contributed by atoms with Gasteiger partial charge in [0.2, 0.25) is 0 Å². The number of hydrogen-bond acceptors (Lipinski definition) is 3. The number of nitrogens with one attached hydrogen (secondary N) is 1. The number of azide groups is 1. The molecule has 0 spiro atoms. The Bertz CT molecular complexity index is 285. The molecule has 1 saturated carbocycles.